The van der Waals surface area contributed by atoms with E-state index < -0.39 is 27.6 Å². The maximum absolute atomic E-state index is 14.3. The third-order valence-electron chi connectivity index (χ3n) is 5.99. The molecule has 0 aliphatic heterocycles. The fraction of sp³-hybridized carbons (Fsp3) is 0.0741. The molecule has 0 amide bonds. The summed E-state index contributed by atoms with van der Waals surface area (Å²) in [6.45, 7) is 0. The number of sulfonamides is 1. The van der Waals surface area contributed by atoms with Crippen LogP contribution < -0.4 is 0 Å². The van der Waals surface area contributed by atoms with Crippen molar-refractivity contribution < 1.29 is 26.0 Å². The number of nitrogens with zero attached hydrogens (tertiary/aromatic N) is 5. The van der Waals surface area contributed by atoms with Crippen molar-refractivity contribution in [3.63, 3.8) is 0 Å². The molecule has 0 atom stereocenters. The number of rotatable bonds is 6. The van der Waals surface area contributed by atoms with Crippen molar-refractivity contribution >= 4 is 21.9 Å². The summed E-state index contributed by atoms with van der Waals surface area (Å²) in [5, 5.41) is 4.06. The molecule has 0 saturated carbocycles. The Balaban J connectivity index is 1.39. The first-order chi connectivity index (χ1) is 18.5. The highest BCUT2D eigenvalue weighted by Gasteiger charge is 2.31. The van der Waals surface area contributed by atoms with E-state index >= 15 is 0 Å². The van der Waals surface area contributed by atoms with Crippen molar-refractivity contribution in [2.75, 3.05) is 7.05 Å². The third-order valence-corrected chi connectivity index (χ3v) is 7.64. The lowest BCUT2D eigenvalue weighted by Gasteiger charge is -2.14. The highest BCUT2D eigenvalue weighted by atomic mass is 32.2. The maximum atomic E-state index is 14.3. The number of alkyl halides is 3. The normalized spacial score (nSPS) is 12.3. The van der Waals surface area contributed by atoms with Crippen molar-refractivity contribution in [3.05, 3.63) is 109 Å². The zero-order valence-corrected chi connectivity index (χ0v) is 21.0. The van der Waals surface area contributed by atoms with Gasteiger partial charge in [0.15, 0.2) is 0 Å². The van der Waals surface area contributed by atoms with E-state index in [2.05, 4.69) is 15.1 Å². The topological polar surface area (TPSA) is 79.9 Å². The molecule has 0 bridgehead atoms. The van der Waals surface area contributed by atoms with Crippen molar-refractivity contribution in [3.8, 4) is 22.3 Å². The van der Waals surface area contributed by atoms with Crippen LogP contribution in [0, 0.1) is 5.82 Å². The summed E-state index contributed by atoms with van der Waals surface area (Å²) >= 11 is 0. The molecule has 0 aliphatic rings. The van der Waals surface area contributed by atoms with Crippen LogP contribution >= 0.6 is 0 Å². The Morgan fingerprint density at radius 2 is 1.69 bits per heavy atom. The lowest BCUT2D eigenvalue weighted by atomic mass is 10.0. The predicted octanol–water partition coefficient (Wildman–Crippen LogP) is 5.88. The van der Waals surface area contributed by atoms with Gasteiger partial charge in [-0.1, -0.05) is 18.2 Å². The molecule has 3 aromatic heterocycles. The fourth-order valence-corrected chi connectivity index (χ4v) is 4.84. The Kier molecular flexibility index (Phi) is 6.64. The van der Waals surface area contributed by atoms with Crippen LogP contribution in [0.3, 0.4) is 0 Å². The molecule has 5 rings (SSSR count). The van der Waals surface area contributed by atoms with E-state index in [1.807, 2.05) is 30.5 Å². The largest absolute Gasteiger partial charge is 0.416 e. The molecule has 0 aliphatic carbocycles. The molecule has 2 aromatic carbocycles. The number of halogens is 4. The van der Waals surface area contributed by atoms with Crippen LogP contribution in [0.5, 0.6) is 0 Å². The molecule has 12 heteroatoms. The third kappa shape index (κ3) is 5.23. The van der Waals surface area contributed by atoms with Gasteiger partial charge in [-0.05, 0) is 54.1 Å². The van der Waals surface area contributed by atoms with Gasteiger partial charge in [-0.3, -0.25) is 9.38 Å². The van der Waals surface area contributed by atoms with Crippen molar-refractivity contribution in [1.29, 1.82) is 0 Å². The van der Waals surface area contributed by atoms with E-state index in [1.54, 1.807) is 23.0 Å². The molecule has 0 spiro atoms. The minimum absolute atomic E-state index is 0.0962. The number of fused-ring (bicyclic) bond motifs is 1. The summed E-state index contributed by atoms with van der Waals surface area (Å²) in [4.78, 5) is 8.25. The number of pyridine rings is 2. The number of hydrazone groups is 1. The molecular formula is C27H19F4N5O2S. The van der Waals surface area contributed by atoms with Gasteiger partial charge >= 0.3 is 6.18 Å². The van der Waals surface area contributed by atoms with E-state index in [-0.39, 0.29) is 16.0 Å². The summed E-state index contributed by atoms with van der Waals surface area (Å²) in [7, 11) is -2.87. The highest BCUT2D eigenvalue weighted by molar-refractivity contribution is 7.89. The molecule has 7 nitrogen and oxygen atoms in total. The van der Waals surface area contributed by atoms with Crippen LogP contribution in [0.1, 0.15) is 11.3 Å². The molecular weight excluding hydrogens is 534 g/mol. The average molecular weight is 554 g/mol. The second-order valence-electron chi connectivity index (χ2n) is 8.47. The van der Waals surface area contributed by atoms with Crippen LogP contribution in [0.15, 0.2) is 102 Å². The van der Waals surface area contributed by atoms with Gasteiger partial charge < -0.3 is 0 Å². The van der Waals surface area contributed by atoms with Crippen LogP contribution in [-0.2, 0) is 16.2 Å². The van der Waals surface area contributed by atoms with E-state index in [9.17, 15) is 26.0 Å². The SMILES string of the molecule is CN(N=Cc1cnc2ccc(-c3cccnc3)cn12)S(=O)(=O)c1ccc(-c2cc(C(F)(F)F)ccc2F)cc1. The van der Waals surface area contributed by atoms with Crippen LogP contribution in [0.4, 0.5) is 17.6 Å². The van der Waals surface area contributed by atoms with Gasteiger partial charge in [0.05, 0.1) is 28.6 Å². The van der Waals surface area contributed by atoms with Crippen molar-refractivity contribution in [2.45, 2.75) is 11.1 Å². The summed E-state index contributed by atoms with van der Waals surface area (Å²) in [5.41, 5.74) is 1.72. The van der Waals surface area contributed by atoms with Gasteiger partial charge in [0.25, 0.3) is 10.0 Å². The van der Waals surface area contributed by atoms with Gasteiger partial charge in [0.2, 0.25) is 0 Å². The predicted molar refractivity (Wildman–Crippen MR) is 138 cm³/mol. The summed E-state index contributed by atoms with van der Waals surface area (Å²) in [6.07, 6.45) is 3.47. The number of hydrogen-bond acceptors (Lipinski definition) is 5. The van der Waals surface area contributed by atoms with Crippen LogP contribution in [-0.4, -0.2) is 40.5 Å². The molecule has 0 radical (unpaired) electrons. The summed E-state index contributed by atoms with van der Waals surface area (Å²) in [6, 6.07) is 14.4. The van der Waals surface area contributed by atoms with Gasteiger partial charge in [-0.25, -0.2) is 9.37 Å². The van der Waals surface area contributed by atoms with Gasteiger partial charge in [0.1, 0.15) is 11.5 Å². The van der Waals surface area contributed by atoms with E-state index in [1.165, 1.54) is 37.5 Å². The van der Waals surface area contributed by atoms with Crippen LogP contribution in [0.2, 0.25) is 0 Å². The smallest absolute Gasteiger partial charge is 0.298 e. The second-order valence-corrected chi connectivity index (χ2v) is 10.4. The number of aromatic nitrogens is 3. The standard InChI is InChI=1S/C27H19F4N5O2S/c1-35(34-16-22-15-33-26-11-6-20(17-36(22)26)19-3-2-12-32-14-19)39(37,38)23-8-4-18(5-9-23)24-13-21(27(29,30)31)7-10-25(24)28/h2-17H,1H3. The second kappa shape index (κ2) is 9.95. The minimum Gasteiger partial charge on any atom is -0.298 e. The van der Waals surface area contributed by atoms with E-state index in [0.717, 1.165) is 21.6 Å². The van der Waals surface area contributed by atoms with Crippen molar-refractivity contribution in [1.82, 2.24) is 18.8 Å². The first-order valence-electron chi connectivity index (χ1n) is 11.4. The summed E-state index contributed by atoms with van der Waals surface area (Å²) < 4.78 is 82.0. The zero-order valence-electron chi connectivity index (χ0n) is 20.2. The minimum atomic E-state index is -4.65. The van der Waals surface area contributed by atoms with Gasteiger partial charge in [-0.15, -0.1) is 0 Å². The number of imidazole rings is 1. The lowest BCUT2D eigenvalue weighted by molar-refractivity contribution is -0.137. The molecule has 5 aromatic rings. The van der Waals surface area contributed by atoms with Gasteiger partial charge in [-0.2, -0.15) is 31.1 Å². The molecule has 0 fully saturated rings. The Bertz CT molecular complexity index is 1790. The van der Waals surface area contributed by atoms with E-state index in [0.29, 0.717) is 23.5 Å². The quantitative estimate of drug-likeness (QED) is 0.150. The zero-order chi connectivity index (χ0) is 27.8. The Hall–Kier alpha value is -4.58. The lowest BCUT2D eigenvalue weighted by Crippen LogP contribution is -2.22. The molecule has 0 saturated heterocycles. The molecule has 198 valence electrons. The van der Waals surface area contributed by atoms with E-state index in [4.69, 9.17) is 0 Å². The molecule has 0 unspecified atom stereocenters. The molecule has 3 heterocycles. The monoisotopic (exact) mass is 553 g/mol. The Labute approximate surface area is 220 Å². The van der Waals surface area contributed by atoms with Crippen molar-refractivity contribution in [2.24, 2.45) is 5.10 Å². The molecule has 0 N–H and O–H groups in total. The number of hydrogen-bond donors (Lipinski definition) is 0. The fourth-order valence-electron chi connectivity index (χ4n) is 3.88. The summed E-state index contributed by atoms with van der Waals surface area (Å²) in [5.74, 6) is -0.861. The number of benzene rings is 2. The Morgan fingerprint density at radius 1 is 0.949 bits per heavy atom. The molecule has 39 heavy (non-hydrogen) atoms. The maximum Gasteiger partial charge on any atom is 0.416 e. The average Bonchev–Trinajstić information content (AvgIpc) is 3.34. The van der Waals surface area contributed by atoms with Crippen LogP contribution in [0.25, 0.3) is 27.9 Å². The highest BCUT2D eigenvalue weighted by Crippen LogP contribution is 2.34. The first kappa shape index (κ1) is 26.0. The first-order valence-corrected chi connectivity index (χ1v) is 12.9. The van der Waals surface area contributed by atoms with Gasteiger partial charge in [0, 0.05) is 42.3 Å². The Morgan fingerprint density at radius 3 is 2.38 bits per heavy atom.